The first kappa shape index (κ1) is 20.4. The number of aromatic amines is 1. The van der Waals surface area contributed by atoms with Crippen molar-refractivity contribution in [3.63, 3.8) is 0 Å². The Balaban J connectivity index is 1.47. The van der Waals surface area contributed by atoms with Crippen LogP contribution in [0.5, 0.6) is 0 Å². The molecule has 1 fully saturated rings. The van der Waals surface area contributed by atoms with E-state index in [1.807, 2.05) is 29.2 Å². The van der Waals surface area contributed by atoms with Crippen molar-refractivity contribution in [2.45, 2.75) is 26.2 Å². The Hall–Kier alpha value is -3.51. The summed E-state index contributed by atoms with van der Waals surface area (Å²) in [5.74, 6) is 0.831. The third-order valence-electron chi connectivity index (χ3n) is 6.11. The molecule has 32 heavy (non-hydrogen) atoms. The number of hydrogen-bond donors (Lipinski definition) is 1. The summed E-state index contributed by atoms with van der Waals surface area (Å²) in [6.45, 7) is 9.70. The summed E-state index contributed by atoms with van der Waals surface area (Å²) in [7, 11) is 0. The predicted molar refractivity (Wildman–Crippen MR) is 131 cm³/mol. The van der Waals surface area contributed by atoms with E-state index in [1.165, 1.54) is 37.9 Å². The normalized spacial score (nSPS) is 16.2. The highest BCUT2D eigenvalue weighted by Gasteiger charge is 2.11. The van der Waals surface area contributed by atoms with Crippen molar-refractivity contribution >= 4 is 27.5 Å². The fourth-order valence-electron chi connectivity index (χ4n) is 4.39. The van der Waals surface area contributed by atoms with Crippen molar-refractivity contribution in [3.05, 3.63) is 79.2 Å². The van der Waals surface area contributed by atoms with Crippen LogP contribution >= 0.6 is 0 Å². The zero-order valence-electron chi connectivity index (χ0n) is 18.5. The van der Waals surface area contributed by atoms with Gasteiger partial charge in [-0.3, -0.25) is 9.47 Å². The summed E-state index contributed by atoms with van der Waals surface area (Å²) < 4.78 is 1.90. The Labute approximate surface area is 188 Å². The zero-order chi connectivity index (χ0) is 21.9. The van der Waals surface area contributed by atoms with Crippen molar-refractivity contribution in [2.75, 3.05) is 19.6 Å². The molecule has 1 N–H and O–H groups in total. The van der Waals surface area contributed by atoms with Gasteiger partial charge in [-0.15, -0.1) is 0 Å². The maximum atomic E-state index is 4.68. The van der Waals surface area contributed by atoms with Crippen molar-refractivity contribution < 1.29 is 0 Å². The van der Waals surface area contributed by atoms with Crippen LogP contribution in [0.15, 0.2) is 73.6 Å². The fraction of sp³-hybridized carbons (Fsp3) is 0.269. The molecule has 1 saturated heterocycles. The number of hydrogen-bond acceptors (Lipinski definition) is 4. The summed E-state index contributed by atoms with van der Waals surface area (Å²) in [6, 6.07) is 4.25. The predicted octanol–water partition coefficient (Wildman–Crippen LogP) is 5.30. The molecule has 6 heteroatoms. The van der Waals surface area contributed by atoms with Crippen molar-refractivity contribution in [1.29, 1.82) is 0 Å². The van der Waals surface area contributed by atoms with E-state index in [-0.39, 0.29) is 0 Å². The molecule has 0 saturated carbocycles. The van der Waals surface area contributed by atoms with Crippen LogP contribution in [-0.4, -0.2) is 49.0 Å². The Morgan fingerprint density at radius 3 is 2.75 bits per heavy atom. The number of allylic oxidation sites excluding steroid dienone is 4. The van der Waals surface area contributed by atoms with Crippen molar-refractivity contribution in [3.8, 4) is 5.82 Å². The molecular weight excluding hydrogens is 396 g/mol. The maximum absolute atomic E-state index is 4.68. The molecule has 0 amide bonds. The molecule has 162 valence electrons. The van der Waals surface area contributed by atoms with Gasteiger partial charge in [0, 0.05) is 41.5 Å². The second kappa shape index (κ2) is 8.93. The molecule has 0 atom stereocenters. The Kier molecular flexibility index (Phi) is 5.69. The summed E-state index contributed by atoms with van der Waals surface area (Å²) in [5.41, 5.74) is 5.30. The average molecular weight is 425 g/mol. The smallest absolute Gasteiger partial charge is 0.138 e. The van der Waals surface area contributed by atoms with E-state index in [2.05, 4.69) is 62.6 Å². The maximum Gasteiger partial charge on any atom is 0.138 e. The molecule has 1 aliphatic heterocycles. The lowest BCUT2D eigenvalue weighted by Crippen LogP contribution is -2.31. The van der Waals surface area contributed by atoms with Crippen LogP contribution in [0.2, 0.25) is 0 Å². The highest BCUT2D eigenvalue weighted by Crippen LogP contribution is 2.28. The van der Waals surface area contributed by atoms with Crippen LogP contribution in [0.3, 0.4) is 0 Å². The van der Waals surface area contributed by atoms with E-state index in [1.54, 1.807) is 12.5 Å². The van der Waals surface area contributed by atoms with Gasteiger partial charge < -0.3 is 4.98 Å². The minimum atomic E-state index is 0.831. The molecule has 1 aliphatic rings. The molecule has 6 nitrogen and oxygen atoms in total. The molecule has 4 aromatic heterocycles. The monoisotopic (exact) mass is 424 g/mol. The summed E-state index contributed by atoms with van der Waals surface area (Å²) in [5, 5.41) is 2.16. The van der Waals surface area contributed by atoms with Crippen molar-refractivity contribution in [1.82, 2.24) is 29.4 Å². The van der Waals surface area contributed by atoms with E-state index >= 15 is 0 Å². The summed E-state index contributed by atoms with van der Waals surface area (Å²) >= 11 is 0. The van der Waals surface area contributed by atoms with E-state index in [0.717, 1.165) is 45.4 Å². The number of nitrogens with zero attached hydrogens (tertiary/aromatic N) is 5. The summed E-state index contributed by atoms with van der Waals surface area (Å²) in [6.07, 6.45) is 19.4. The van der Waals surface area contributed by atoms with Crippen LogP contribution in [0.1, 0.15) is 31.7 Å². The number of piperidine rings is 1. The van der Waals surface area contributed by atoms with Gasteiger partial charge in [0.05, 0.1) is 11.7 Å². The zero-order valence-corrected chi connectivity index (χ0v) is 18.5. The first-order chi connectivity index (χ1) is 15.7. The fourth-order valence-corrected chi connectivity index (χ4v) is 4.39. The lowest BCUT2D eigenvalue weighted by atomic mass is 10.0. The molecule has 5 rings (SSSR count). The minimum Gasteiger partial charge on any atom is -0.338 e. The topological polar surface area (TPSA) is 62.6 Å². The standard InChI is InChI=1S/C26H28N6/c1-3-20(8-7-19(2)17-31-10-5-4-6-11-31)21-13-23-22-14-25(32-12-9-27-18-32)28-16-24(22)30-26(23)29-15-21/h3,7-9,12-16,18H,1,4-6,10-11,17H2,2H3,(H,29,30)/b19-7+,20-8+. The van der Waals surface area contributed by atoms with Crippen LogP contribution in [0.25, 0.3) is 33.3 Å². The molecular formula is C26H28N6. The number of aromatic nitrogens is 5. The number of H-pyrrole nitrogens is 1. The van der Waals surface area contributed by atoms with Crippen LogP contribution < -0.4 is 0 Å². The van der Waals surface area contributed by atoms with Crippen LogP contribution in [0.4, 0.5) is 0 Å². The Morgan fingerprint density at radius 1 is 1.09 bits per heavy atom. The number of pyridine rings is 2. The highest BCUT2D eigenvalue weighted by molar-refractivity contribution is 6.07. The van der Waals surface area contributed by atoms with Gasteiger partial charge in [-0.1, -0.05) is 36.8 Å². The van der Waals surface area contributed by atoms with E-state index in [4.69, 9.17) is 0 Å². The lowest BCUT2D eigenvalue weighted by molar-refractivity contribution is 0.246. The molecule has 0 unspecified atom stereocenters. The van der Waals surface area contributed by atoms with Gasteiger partial charge in [0.1, 0.15) is 17.8 Å². The van der Waals surface area contributed by atoms with Gasteiger partial charge in [0.2, 0.25) is 0 Å². The number of imidazole rings is 1. The molecule has 0 radical (unpaired) electrons. The number of fused-ring (bicyclic) bond motifs is 3. The van der Waals surface area contributed by atoms with Gasteiger partial charge in [0.25, 0.3) is 0 Å². The minimum absolute atomic E-state index is 0.831. The number of rotatable bonds is 6. The quantitative estimate of drug-likeness (QED) is 0.427. The Bertz CT molecular complexity index is 1300. The van der Waals surface area contributed by atoms with E-state index in [0.29, 0.717) is 0 Å². The van der Waals surface area contributed by atoms with Gasteiger partial charge in [-0.05, 0) is 50.6 Å². The van der Waals surface area contributed by atoms with E-state index in [9.17, 15) is 0 Å². The third-order valence-corrected chi connectivity index (χ3v) is 6.11. The lowest BCUT2D eigenvalue weighted by Gasteiger charge is -2.26. The van der Waals surface area contributed by atoms with Gasteiger partial charge >= 0.3 is 0 Å². The number of nitrogens with one attached hydrogen (secondary N) is 1. The van der Waals surface area contributed by atoms with Gasteiger partial charge in [0.15, 0.2) is 0 Å². The molecule has 0 aliphatic carbocycles. The molecule has 4 aromatic rings. The van der Waals surface area contributed by atoms with Crippen molar-refractivity contribution in [2.24, 2.45) is 0 Å². The molecule has 5 heterocycles. The second-order valence-electron chi connectivity index (χ2n) is 8.48. The molecule has 0 spiro atoms. The highest BCUT2D eigenvalue weighted by atomic mass is 15.1. The van der Waals surface area contributed by atoms with Crippen LogP contribution in [-0.2, 0) is 0 Å². The second-order valence-corrected chi connectivity index (χ2v) is 8.48. The summed E-state index contributed by atoms with van der Waals surface area (Å²) in [4.78, 5) is 19.3. The van der Waals surface area contributed by atoms with Gasteiger partial charge in [-0.25, -0.2) is 15.0 Å². The van der Waals surface area contributed by atoms with Crippen LogP contribution in [0, 0.1) is 0 Å². The average Bonchev–Trinajstić information content (AvgIpc) is 3.48. The largest absolute Gasteiger partial charge is 0.338 e. The molecule has 0 aromatic carbocycles. The van der Waals surface area contributed by atoms with Gasteiger partial charge in [-0.2, -0.15) is 0 Å². The third kappa shape index (κ3) is 4.14. The molecule has 0 bridgehead atoms. The SMILES string of the molecule is C=C/C(=C\C=C(/C)CN1CCCCC1)c1cnc2[nH]c3cnc(-n4ccnc4)cc3c2c1. The Morgan fingerprint density at radius 2 is 1.97 bits per heavy atom. The van der Waals surface area contributed by atoms with E-state index < -0.39 is 0 Å². The number of likely N-dealkylation sites (tertiary alicyclic amines) is 1. The first-order valence-corrected chi connectivity index (χ1v) is 11.2. The first-order valence-electron chi connectivity index (χ1n) is 11.2.